The number of aryl methyl sites for hydroxylation is 1. The zero-order chi connectivity index (χ0) is 12.4. The van der Waals surface area contributed by atoms with E-state index < -0.39 is 0 Å². The van der Waals surface area contributed by atoms with Crippen LogP contribution in [0.4, 0.5) is 0 Å². The van der Waals surface area contributed by atoms with Crippen molar-refractivity contribution in [2.45, 2.75) is 44.8 Å². The molecule has 3 atom stereocenters. The number of likely N-dealkylation sites (tertiary alicyclic amines) is 1. The summed E-state index contributed by atoms with van der Waals surface area (Å²) in [4.78, 5) is 2.44. The summed E-state index contributed by atoms with van der Waals surface area (Å²) in [6.07, 6.45) is 6.53. The normalized spacial score (nSPS) is 28.2. The molecule has 4 heteroatoms. The second kappa shape index (κ2) is 5.19. The lowest BCUT2D eigenvalue weighted by Gasteiger charge is -2.36. The van der Waals surface area contributed by atoms with Gasteiger partial charge in [-0.15, -0.1) is 0 Å². The van der Waals surface area contributed by atoms with Gasteiger partial charge in [-0.05, 0) is 40.3 Å². The molecule has 4 nitrogen and oxygen atoms in total. The highest BCUT2D eigenvalue weighted by molar-refractivity contribution is 5.09. The molecule has 0 aliphatic carbocycles. The fraction of sp³-hybridized carbons (Fsp3) is 0.769. The van der Waals surface area contributed by atoms with Crippen LogP contribution in [0.1, 0.15) is 38.3 Å². The third kappa shape index (κ3) is 3.07. The third-order valence-electron chi connectivity index (χ3n) is 3.92. The van der Waals surface area contributed by atoms with Gasteiger partial charge in [0.05, 0.1) is 6.20 Å². The summed E-state index contributed by atoms with van der Waals surface area (Å²) in [5.41, 5.74) is 1.28. The minimum Gasteiger partial charge on any atom is -0.307 e. The Morgan fingerprint density at radius 3 is 2.82 bits per heavy atom. The van der Waals surface area contributed by atoms with Crippen LogP contribution < -0.4 is 5.32 Å². The van der Waals surface area contributed by atoms with Gasteiger partial charge in [0.25, 0.3) is 0 Å². The Morgan fingerprint density at radius 2 is 2.24 bits per heavy atom. The van der Waals surface area contributed by atoms with E-state index in [1.807, 2.05) is 17.9 Å². The van der Waals surface area contributed by atoms with Crippen molar-refractivity contribution in [1.82, 2.24) is 20.0 Å². The van der Waals surface area contributed by atoms with E-state index in [1.165, 1.54) is 24.9 Å². The maximum Gasteiger partial charge on any atom is 0.0537 e. The average Bonchev–Trinajstić information content (AvgIpc) is 2.70. The first-order chi connectivity index (χ1) is 8.06. The summed E-state index contributed by atoms with van der Waals surface area (Å²) < 4.78 is 1.87. The lowest BCUT2D eigenvalue weighted by atomic mass is 9.97. The van der Waals surface area contributed by atoms with Crippen molar-refractivity contribution >= 4 is 0 Å². The lowest BCUT2D eigenvalue weighted by Crippen LogP contribution is -2.46. The Morgan fingerprint density at radius 1 is 1.47 bits per heavy atom. The monoisotopic (exact) mass is 236 g/mol. The van der Waals surface area contributed by atoms with Gasteiger partial charge < -0.3 is 10.2 Å². The lowest BCUT2D eigenvalue weighted by molar-refractivity contribution is 0.163. The van der Waals surface area contributed by atoms with Gasteiger partial charge in [-0.25, -0.2) is 0 Å². The molecule has 0 saturated carbocycles. The van der Waals surface area contributed by atoms with Crippen LogP contribution in [0.25, 0.3) is 0 Å². The van der Waals surface area contributed by atoms with Crippen LogP contribution in [0, 0.1) is 0 Å². The average molecular weight is 236 g/mol. The van der Waals surface area contributed by atoms with Crippen LogP contribution in [0.15, 0.2) is 12.4 Å². The number of hydrogen-bond acceptors (Lipinski definition) is 3. The molecular weight excluding hydrogens is 212 g/mol. The summed E-state index contributed by atoms with van der Waals surface area (Å²) >= 11 is 0. The van der Waals surface area contributed by atoms with E-state index in [9.17, 15) is 0 Å². The van der Waals surface area contributed by atoms with E-state index >= 15 is 0 Å². The number of nitrogens with one attached hydrogen (secondary N) is 1. The van der Waals surface area contributed by atoms with Crippen LogP contribution in [0.5, 0.6) is 0 Å². The second-order valence-corrected chi connectivity index (χ2v) is 5.39. The SMILES string of the molecule is CC(NC1CCN(C)C(C)C1)c1cnn(C)c1. The largest absolute Gasteiger partial charge is 0.307 e. The molecule has 2 heterocycles. The molecule has 1 aliphatic heterocycles. The fourth-order valence-electron chi connectivity index (χ4n) is 2.55. The minimum absolute atomic E-state index is 0.393. The summed E-state index contributed by atoms with van der Waals surface area (Å²) in [6, 6.07) is 1.71. The van der Waals surface area contributed by atoms with Crippen molar-refractivity contribution in [3.05, 3.63) is 18.0 Å². The number of nitrogens with zero attached hydrogens (tertiary/aromatic N) is 3. The third-order valence-corrected chi connectivity index (χ3v) is 3.92. The Balaban J connectivity index is 1.89. The fourth-order valence-corrected chi connectivity index (χ4v) is 2.55. The molecule has 17 heavy (non-hydrogen) atoms. The van der Waals surface area contributed by atoms with Crippen LogP contribution in [0.3, 0.4) is 0 Å². The van der Waals surface area contributed by atoms with Crippen LogP contribution in [-0.4, -0.2) is 40.4 Å². The van der Waals surface area contributed by atoms with Crippen molar-refractivity contribution in [1.29, 1.82) is 0 Å². The van der Waals surface area contributed by atoms with Gasteiger partial charge in [0.2, 0.25) is 0 Å². The number of piperidine rings is 1. The predicted molar refractivity (Wildman–Crippen MR) is 69.9 cm³/mol. The molecule has 0 radical (unpaired) electrons. The zero-order valence-corrected chi connectivity index (χ0v) is 11.3. The van der Waals surface area contributed by atoms with E-state index in [4.69, 9.17) is 0 Å². The van der Waals surface area contributed by atoms with Gasteiger partial charge in [-0.2, -0.15) is 5.10 Å². The van der Waals surface area contributed by atoms with E-state index in [-0.39, 0.29) is 0 Å². The Labute approximate surface area is 104 Å². The second-order valence-electron chi connectivity index (χ2n) is 5.39. The van der Waals surface area contributed by atoms with Crippen molar-refractivity contribution in [2.75, 3.05) is 13.6 Å². The van der Waals surface area contributed by atoms with Crippen molar-refractivity contribution in [2.24, 2.45) is 7.05 Å². The zero-order valence-electron chi connectivity index (χ0n) is 11.3. The van der Waals surface area contributed by atoms with Crippen LogP contribution in [0.2, 0.25) is 0 Å². The first-order valence-corrected chi connectivity index (χ1v) is 6.51. The molecule has 1 aromatic heterocycles. The molecule has 1 aromatic rings. The summed E-state index contributed by atoms with van der Waals surface area (Å²) in [5.74, 6) is 0. The molecule has 0 aromatic carbocycles. The summed E-state index contributed by atoms with van der Waals surface area (Å²) in [7, 11) is 4.18. The molecule has 0 spiro atoms. The van der Waals surface area contributed by atoms with E-state index in [2.05, 4.69) is 42.4 Å². The Bertz CT molecular complexity index is 360. The first kappa shape index (κ1) is 12.6. The molecule has 1 aliphatic rings. The van der Waals surface area contributed by atoms with Gasteiger partial charge in [0.15, 0.2) is 0 Å². The van der Waals surface area contributed by atoms with Gasteiger partial charge in [0.1, 0.15) is 0 Å². The van der Waals surface area contributed by atoms with Crippen LogP contribution in [-0.2, 0) is 7.05 Å². The standard InChI is InChI=1S/C13H24N4/c1-10-7-13(5-6-16(10)3)15-11(2)12-8-14-17(4)9-12/h8-11,13,15H,5-7H2,1-4H3. The topological polar surface area (TPSA) is 33.1 Å². The molecule has 1 saturated heterocycles. The molecule has 3 unspecified atom stereocenters. The number of hydrogen-bond donors (Lipinski definition) is 1. The smallest absolute Gasteiger partial charge is 0.0537 e. The van der Waals surface area contributed by atoms with Crippen LogP contribution >= 0.6 is 0 Å². The number of aromatic nitrogens is 2. The molecule has 0 bridgehead atoms. The Hall–Kier alpha value is -0.870. The maximum atomic E-state index is 4.23. The van der Waals surface area contributed by atoms with Gasteiger partial charge in [-0.3, -0.25) is 4.68 Å². The van der Waals surface area contributed by atoms with E-state index in [0.29, 0.717) is 18.1 Å². The highest BCUT2D eigenvalue weighted by Crippen LogP contribution is 2.19. The Kier molecular flexibility index (Phi) is 3.84. The molecule has 2 rings (SSSR count). The minimum atomic E-state index is 0.393. The van der Waals surface area contributed by atoms with Crippen molar-refractivity contribution in [3.8, 4) is 0 Å². The van der Waals surface area contributed by atoms with Gasteiger partial charge in [0, 0.05) is 36.9 Å². The molecule has 96 valence electrons. The molecule has 0 amide bonds. The summed E-state index contributed by atoms with van der Waals surface area (Å²) in [5, 5.41) is 7.95. The van der Waals surface area contributed by atoms with E-state index in [0.717, 1.165) is 0 Å². The molecular formula is C13H24N4. The quantitative estimate of drug-likeness (QED) is 0.864. The maximum absolute atomic E-state index is 4.23. The van der Waals surface area contributed by atoms with Crippen molar-refractivity contribution < 1.29 is 0 Å². The molecule has 1 fully saturated rings. The highest BCUT2D eigenvalue weighted by Gasteiger charge is 2.24. The number of rotatable bonds is 3. The predicted octanol–water partition coefficient (Wildman–Crippen LogP) is 1.55. The first-order valence-electron chi connectivity index (χ1n) is 6.51. The van der Waals surface area contributed by atoms with Gasteiger partial charge >= 0.3 is 0 Å². The summed E-state index contributed by atoms with van der Waals surface area (Å²) in [6.45, 7) is 5.72. The highest BCUT2D eigenvalue weighted by atomic mass is 15.2. The van der Waals surface area contributed by atoms with E-state index in [1.54, 1.807) is 0 Å². The van der Waals surface area contributed by atoms with Crippen molar-refractivity contribution in [3.63, 3.8) is 0 Å². The van der Waals surface area contributed by atoms with Gasteiger partial charge in [-0.1, -0.05) is 0 Å². The molecule has 1 N–H and O–H groups in total.